The fourth-order valence-corrected chi connectivity index (χ4v) is 1.86. The fraction of sp³-hybridized carbons (Fsp3) is 0.364. The number of hydrogen-bond donors (Lipinski definition) is 1. The van der Waals surface area contributed by atoms with Crippen molar-refractivity contribution in [2.24, 2.45) is 5.73 Å². The number of benzene rings is 1. The lowest BCUT2D eigenvalue weighted by atomic mass is 10.2. The molecule has 0 fully saturated rings. The Morgan fingerprint density at radius 3 is 2.59 bits per heavy atom. The summed E-state index contributed by atoms with van der Waals surface area (Å²) in [6.07, 6.45) is -4.34. The van der Waals surface area contributed by atoms with Gasteiger partial charge in [-0.2, -0.15) is 13.2 Å². The molecule has 0 atom stereocenters. The van der Waals surface area contributed by atoms with E-state index in [4.69, 9.17) is 5.73 Å². The van der Waals surface area contributed by atoms with Crippen LogP contribution in [0.3, 0.4) is 0 Å². The zero-order valence-electron chi connectivity index (χ0n) is 9.25. The van der Waals surface area contributed by atoms with Gasteiger partial charge in [-0.3, -0.25) is 0 Å². The van der Waals surface area contributed by atoms with Crippen LogP contribution in [-0.4, -0.2) is 9.55 Å². The summed E-state index contributed by atoms with van der Waals surface area (Å²) in [5.74, 6) is 0.599. The standard InChI is InChI=1S/C11H12F3N3/c1-2-17-9-4-3-7(11(12,13)14)5-8(9)16-10(17)6-15/h3-5H,2,6,15H2,1H3. The third-order valence-electron chi connectivity index (χ3n) is 2.65. The zero-order valence-corrected chi connectivity index (χ0v) is 9.25. The number of fused-ring (bicyclic) bond motifs is 1. The van der Waals surface area contributed by atoms with Crippen LogP contribution in [-0.2, 0) is 19.3 Å². The molecule has 0 aliphatic carbocycles. The van der Waals surface area contributed by atoms with E-state index in [0.717, 1.165) is 12.1 Å². The molecule has 0 radical (unpaired) electrons. The van der Waals surface area contributed by atoms with E-state index in [9.17, 15) is 13.2 Å². The molecular formula is C11H12F3N3. The summed E-state index contributed by atoms with van der Waals surface area (Å²) in [6.45, 7) is 2.75. The highest BCUT2D eigenvalue weighted by Crippen LogP contribution is 2.31. The van der Waals surface area contributed by atoms with Gasteiger partial charge < -0.3 is 10.3 Å². The maximum atomic E-state index is 12.5. The molecule has 2 N–H and O–H groups in total. The van der Waals surface area contributed by atoms with E-state index >= 15 is 0 Å². The highest BCUT2D eigenvalue weighted by atomic mass is 19.4. The molecule has 0 saturated carbocycles. The molecule has 1 aromatic heterocycles. The number of nitrogens with zero attached hydrogens (tertiary/aromatic N) is 2. The van der Waals surface area contributed by atoms with Crippen LogP contribution in [0.15, 0.2) is 18.2 Å². The van der Waals surface area contributed by atoms with Gasteiger partial charge in [0.25, 0.3) is 0 Å². The summed E-state index contributed by atoms with van der Waals surface area (Å²) in [7, 11) is 0. The number of imidazole rings is 1. The van der Waals surface area contributed by atoms with Gasteiger partial charge in [-0.15, -0.1) is 0 Å². The first-order valence-corrected chi connectivity index (χ1v) is 5.23. The predicted octanol–water partition coefficient (Wildman–Crippen LogP) is 2.53. The third kappa shape index (κ3) is 2.00. The first-order valence-electron chi connectivity index (χ1n) is 5.23. The van der Waals surface area contributed by atoms with Crippen LogP contribution < -0.4 is 5.73 Å². The Kier molecular flexibility index (Phi) is 2.82. The molecule has 0 aliphatic heterocycles. The predicted molar refractivity (Wildman–Crippen MR) is 58.3 cm³/mol. The second kappa shape index (κ2) is 4.03. The third-order valence-corrected chi connectivity index (χ3v) is 2.65. The maximum Gasteiger partial charge on any atom is 0.416 e. The molecular weight excluding hydrogens is 231 g/mol. The van der Waals surface area contributed by atoms with Crippen molar-refractivity contribution in [3.63, 3.8) is 0 Å². The van der Waals surface area contributed by atoms with Crippen LogP contribution >= 0.6 is 0 Å². The lowest BCUT2D eigenvalue weighted by Gasteiger charge is -2.06. The Bertz CT molecular complexity index is 543. The van der Waals surface area contributed by atoms with E-state index in [1.807, 2.05) is 11.5 Å². The Morgan fingerprint density at radius 2 is 2.06 bits per heavy atom. The van der Waals surface area contributed by atoms with E-state index in [1.165, 1.54) is 6.07 Å². The quantitative estimate of drug-likeness (QED) is 0.880. The first kappa shape index (κ1) is 11.9. The maximum absolute atomic E-state index is 12.5. The number of halogens is 3. The average Bonchev–Trinajstić information content (AvgIpc) is 2.64. The van der Waals surface area contributed by atoms with Crippen molar-refractivity contribution in [1.29, 1.82) is 0 Å². The highest BCUT2D eigenvalue weighted by molar-refractivity contribution is 5.77. The van der Waals surface area contributed by atoms with Crippen LogP contribution in [0.2, 0.25) is 0 Å². The van der Waals surface area contributed by atoms with Crippen LogP contribution in [0, 0.1) is 0 Å². The van der Waals surface area contributed by atoms with Crippen molar-refractivity contribution >= 4 is 11.0 Å². The lowest BCUT2D eigenvalue weighted by molar-refractivity contribution is -0.137. The van der Waals surface area contributed by atoms with Gasteiger partial charge in [-0.05, 0) is 25.1 Å². The molecule has 1 aromatic carbocycles. The summed E-state index contributed by atoms with van der Waals surface area (Å²) >= 11 is 0. The average molecular weight is 243 g/mol. The van der Waals surface area contributed by atoms with Gasteiger partial charge in [0.2, 0.25) is 0 Å². The second-order valence-corrected chi connectivity index (χ2v) is 3.68. The molecule has 0 aliphatic rings. The summed E-state index contributed by atoms with van der Waals surface area (Å²) in [5.41, 5.74) is 5.84. The van der Waals surface area contributed by atoms with E-state index in [-0.39, 0.29) is 6.54 Å². The molecule has 0 unspecified atom stereocenters. The molecule has 0 amide bonds. The molecule has 6 heteroatoms. The number of hydrogen-bond acceptors (Lipinski definition) is 2. The fourth-order valence-electron chi connectivity index (χ4n) is 1.86. The summed E-state index contributed by atoms with van der Waals surface area (Å²) in [5, 5.41) is 0. The molecule has 92 valence electrons. The molecule has 1 heterocycles. The van der Waals surface area contributed by atoms with Crippen molar-refractivity contribution in [3.05, 3.63) is 29.6 Å². The van der Waals surface area contributed by atoms with E-state index < -0.39 is 11.7 Å². The van der Waals surface area contributed by atoms with Crippen LogP contribution in [0.25, 0.3) is 11.0 Å². The molecule has 3 nitrogen and oxygen atoms in total. The molecule has 2 aromatic rings. The van der Waals surface area contributed by atoms with Crippen LogP contribution in [0.1, 0.15) is 18.3 Å². The first-order chi connectivity index (χ1) is 7.97. The topological polar surface area (TPSA) is 43.8 Å². The van der Waals surface area contributed by atoms with Gasteiger partial charge in [0.1, 0.15) is 5.82 Å². The Labute approximate surface area is 96.0 Å². The normalized spacial score (nSPS) is 12.3. The smallest absolute Gasteiger partial charge is 0.327 e. The zero-order chi connectivity index (χ0) is 12.6. The van der Waals surface area contributed by atoms with Gasteiger partial charge in [0.05, 0.1) is 23.1 Å². The van der Waals surface area contributed by atoms with E-state index in [0.29, 0.717) is 23.4 Å². The van der Waals surface area contributed by atoms with E-state index in [1.54, 1.807) is 0 Å². The van der Waals surface area contributed by atoms with E-state index in [2.05, 4.69) is 4.98 Å². The van der Waals surface area contributed by atoms with Crippen molar-refractivity contribution in [3.8, 4) is 0 Å². The summed E-state index contributed by atoms with van der Waals surface area (Å²) in [6, 6.07) is 3.56. The molecule has 2 rings (SSSR count). The molecule has 0 saturated heterocycles. The van der Waals surface area contributed by atoms with Gasteiger partial charge >= 0.3 is 6.18 Å². The molecule has 0 bridgehead atoms. The van der Waals surface area contributed by atoms with Gasteiger partial charge in [0, 0.05) is 6.54 Å². The van der Waals surface area contributed by atoms with Gasteiger partial charge in [-0.1, -0.05) is 0 Å². The highest BCUT2D eigenvalue weighted by Gasteiger charge is 2.30. The van der Waals surface area contributed by atoms with Gasteiger partial charge in [-0.25, -0.2) is 4.98 Å². The van der Waals surface area contributed by atoms with Crippen LogP contribution in [0.5, 0.6) is 0 Å². The monoisotopic (exact) mass is 243 g/mol. The van der Waals surface area contributed by atoms with Crippen LogP contribution in [0.4, 0.5) is 13.2 Å². The summed E-state index contributed by atoms with van der Waals surface area (Å²) < 4.78 is 39.4. The minimum absolute atomic E-state index is 0.212. The minimum Gasteiger partial charge on any atom is -0.327 e. The molecule has 17 heavy (non-hydrogen) atoms. The Morgan fingerprint density at radius 1 is 1.35 bits per heavy atom. The summed E-state index contributed by atoms with van der Waals surface area (Å²) in [4.78, 5) is 4.11. The number of aryl methyl sites for hydroxylation is 1. The minimum atomic E-state index is -4.34. The Balaban J connectivity index is 2.64. The lowest BCUT2D eigenvalue weighted by Crippen LogP contribution is -2.07. The number of rotatable bonds is 2. The number of aromatic nitrogens is 2. The van der Waals surface area contributed by atoms with Gasteiger partial charge in [0.15, 0.2) is 0 Å². The SMILES string of the molecule is CCn1c(CN)nc2cc(C(F)(F)F)ccc21. The number of alkyl halides is 3. The second-order valence-electron chi connectivity index (χ2n) is 3.68. The molecule has 0 spiro atoms. The number of nitrogens with two attached hydrogens (primary N) is 1. The Hall–Kier alpha value is -1.56. The largest absolute Gasteiger partial charge is 0.416 e. The van der Waals surface area contributed by atoms with Crippen molar-refractivity contribution < 1.29 is 13.2 Å². The van der Waals surface area contributed by atoms with Crippen molar-refractivity contribution in [1.82, 2.24) is 9.55 Å². The van der Waals surface area contributed by atoms with Crippen molar-refractivity contribution in [2.75, 3.05) is 0 Å². The van der Waals surface area contributed by atoms with Crippen molar-refractivity contribution in [2.45, 2.75) is 26.2 Å².